The number of rotatable bonds is 2. The lowest BCUT2D eigenvalue weighted by atomic mass is 9.58. The summed E-state index contributed by atoms with van der Waals surface area (Å²) in [5, 5.41) is 10.5. The van der Waals surface area contributed by atoms with Gasteiger partial charge in [-0.1, -0.05) is 52.0 Å². The number of ether oxygens (including phenoxy) is 1. The Morgan fingerprint density at radius 3 is 2.48 bits per heavy atom. The third-order valence-electron chi connectivity index (χ3n) is 6.57. The van der Waals surface area contributed by atoms with Crippen LogP contribution in [0.25, 0.3) is 0 Å². The Morgan fingerprint density at radius 2 is 1.89 bits per heavy atom. The maximum atomic E-state index is 12.9. The number of esters is 1. The van der Waals surface area contributed by atoms with E-state index in [0.717, 1.165) is 11.1 Å². The molecule has 0 spiro atoms. The van der Waals surface area contributed by atoms with Crippen molar-refractivity contribution in [3.05, 3.63) is 41.5 Å². The van der Waals surface area contributed by atoms with Crippen molar-refractivity contribution in [3.8, 4) is 11.8 Å². The van der Waals surface area contributed by atoms with Crippen LogP contribution in [0.15, 0.2) is 35.9 Å². The van der Waals surface area contributed by atoms with Gasteiger partial charge in [-0.05, 0) is 42.6 Å². The molecule has 2 aliphatic rings. The largest absolute Gasteiger partial charge is 0.426 e. The molecule has 0 saturated carbocycles. The quantitative estimate of drug-likeness (QED) is 0.313. The molecule has 0 N–H and O–H groups in total. The number of para-hydroxylation sites is 1. The maximum Gasteiger partial charge on any atom is 0.317 e. The van der Waals surface area contributed by atoms with E-state index in [1.165, 1.54) is 0 Å². The van der Waals surface area contributed by atoms with Crippen LogP contribution in [0.5, 0.6) is 5.75 Å². The molecule has 0 amide bonds. The molecule has 0 bridgehead atoms. The minimum Gasteiger partial charge on any atom is -0.426 e. The summed E-state index contributed by atoms with van der Waals surface area (Å²) in [4.78, 5) is 12.9. The van der Waals surface area contributed by atoms with E-state index in [2.05, 4.69) is 46.0 Å². The van der Waals surface area contributed by atoms with Gasteiger partial charge in [0.25, 0.3) is 0 Å². The van der Waals surface area contributed by atoms with Gasteiger partial charge in [0.2, 0.25) is 0 Å². The number of benzene rings is 1. The monoisotopic (exact) mass is 383 g/mol. The van der Waals surface area contributed by atoms with E-state index in [4.69, 9.17) is 9.16 Å². The molecule has 27 heavy (non-hydrogen) atoms. The molecule has 0 radical (unpaired) electrons. The number of hydrogen-bond donors (Lipinski definition) is 0. The van der Waals surface area contributed by atoms with Crippen molar-refractivity contribution in [1.82, 2.24) is 0 Å². The first-order valence-corrected chi connectivity index (χ1v) is 12.4. The summed E-state index contributed by atoms with van der Waals surface area (Å²) in [5.41, 5.74) is 0.717. The predicted octanol–water partition coefficient (Wildman–Crippen LogP) is 4.97. The topological polar surface area (TPSA) is 59.3 Å². The Hall–Kier alpha value is -1.90. The van der Waals surface area contributed by atoms with Crippen molar-refractivity contribution in [2.24, 2.45) is 11.8 Å². The van der Waals surface area contributed by atoms with Gasteiger partial charge in [-0.3, -0.25) is 4.79 Å². The van der Waals surface area contributed by atoms with Crippen LogP contribution in [0.1, 0.15) is 40.2 Å². The van der Waals surface area contributed by atoms with Gasteiger partial charge in [0.1, 0.15) is 11.2 Å². The zero-order valence-electron chi connectivity index (χ0n) is 17.3. The number of hydrogen-bond acceptors (Lipinski definition) is 4. The molecular weight excluding hydrogens is 354 g/mol. The van der Waals surface area contributed by atoms with Gasteiger partial charge >= 0.3 is 5.97 Å². The Balaban J connectivity index is 2.26. The first-order chi connectivity index (χ1) is 12.5. The summed E-state index contributed by atoms with van der Waals surface area (Å²) in [6.07, 6.45) is 1.62. The number of nitrogens with zero attached hydrogens (tertiary/aromatic N) is 1. The molecule has 0 fully saturated rings. The Morgan fingerprint density at radius 1 is 1.26 bits per heavy atom. The van der Waals surface area contributed by atoms with E-state index in [-0.39, 0.29) is 16.9 Å². The van der Waals surface area contributed by atoms with E-state index in [1.807, 2.05) is 32.0 Å². The van der Waals surface area contributed by atoms with Gasteiger partial charge in [-0.2, -0.15) is 5.26 Å². The summed E-state index contributed by atoms with van der Waals surface area (Å²) >= 11 is 0. The molecule has 1 aliphatic carbocycles. The van der Waals surface area contributed by atoms with Crippen LogP contribution in [0.3, 0.4) is 0 Å². The molecule has 5 heteroatoms. The average molecular weight is 384 g/mol. The lowest BCUT2D eigenvalue weighted by Gasteiger charge is -2.51. The third kappa shape index (κ3) is 2.86. The summed E-state index contributed by atoms with van der Waals surface area (Å²) < 4.78 is 12.4. The van der Waals surface area contributed by atoms with E-state index in [1.54, 1.807) is 6.07 Å². The summed E-state index contributed by atoms with van der Waals surface area (Å²) in [7, 11) is -2.18. The molecule has 1 aromatic carbocycles. The minimum atomic E-state index is -2.18. The highest BCUT2D eigenvalue weighted by atomic mass is 28.4. The summed E-state index contributed by atoms with van der Waals surface area (Å²) in [6.45, 7) is 14.9. The normalized spacial score (nSPS) is 30.5. The lowest BCUT2D eigenvalue weighted by Crippen LogP contribution is -2.60. The zero-order chi connectivity index (χ0) is 20.2. The molecule has 0 aromatic heterocycles. The highest BCUT2D eigenvalue weighted by Crippen LogP contribution is 2.54. The molecular formula is C22H29NO3Si. The fourth-order valence-electron chi connectivity index (χ4n) is 4.16. The van der Waals surface area contributed by atoms with E-state index in [9.17, 15) is 10.1 Å². The highest BCUT2D eigenvalue weighted by molar-refractivity contribution is 6.74. The van der Waals surface area contributed by atoms with Gasteiger partial charge in [-0.15, -0.1) is 0 Å². The van der Waals surface area contributed by atoms with Crippen molar-refractivity contribution in [1.29, 1.82) is 5.26 Å². The van der Waals surface area contributed by atoms with Crippen LogP contribution in [0.2, 0.25) is 18.1 Å². The van der Waals surface area contributed by atoms with Gasteiger partial charge in [0.05, 0.1) is 18.1 Å². The van der Waals surface area contributed by atoms with Crippen molar-refractivity contribution >= 4 is 14.3 Å². The van der Waals surface area contributed by atoms with Crippen molar-refractivity contribution in [2.45, 2.75) is 64.3 Å². The van der Waals surface area contributed by atoms with Crippen LogP contribution in [0, 0.1) is 23.2 Å². The average Bonchev–Trinajstić information content (AvgIpc) is 2.56. The minimum absolute atomic E-state index is 0.00280. The van der Waals surface area contributed by atoms with Crippen LogP contribution >= 0.6 is 0 Å². The second kappa shape index (κ2) is 6.32. The molecule has 1 heterocycles. The van der Waals surface area contributed by atoms with Crippen molar-refractivity contribution in [3.63, 3.8) is 0 Å². The number of nitriles is 1. The zero-order valence-corrected chi connectivity index (χ0v) is 18.3. The van der Waals surface area contributed by atoms with E-state index in [0.29, 0.717) is 5.75 Å². The van der Waals surface area contributed by atoms with Crippen LogP contribution in [-0.2, 0) is 14.6 Å². The number of fused-ring (bicyclic) bond motifs is 3. The molecule has 1 aromatic rings. The molecule has 4 nitrogen and oxygen atoms in total. The summed E-state index contributed by atoms with van der Waals surface area (Å²) in [5.74, 6) is -0.526. The molecule has 0 saturated heterocycles. The Labute approximate surface area is 163 Å². The second-order valence-electron chi connectivity index (χ2n) is 9.40. The Kier molecular flexibility index (Phi) is 4.65. The lowest BCUT2D eigenvalue weighted by molar-refractivity contribution is -0.146. The molecule has 1 aliphatic heterocycles. The highest BCUT2D eigenvalue weighted by Gasteiger charge is 2.61. The first-order valence-electron chi connectivity index (χ1n) is 9.54. The maximum absolute atomic E-state index is 12.9. The standard InChI is InChI=1S/C22H29NO3Si/c1-14-12-15(2)19(26-27(6,7)21(3,4)5)22(13-23)16-10-8-9-11-17(16)25-20(24)18(14)22/h8-12,14,18-19H,1-7H3/t14-,18+,19+,22-/m0/s1. The molecule has 0 unspecified atom stereocenters. The van der Waals surface area contributed by atoms with Gasteiger partial charge in [-0.25, -0.2) is 0 Å². The number of carbonyl (C=O) groups is 1. The number of carbonyl (C=O) groups excluding carboxylic acids is 1. The molecule has 3 rings (SSSR count). The fraction of sp³-hybridized carbons (Fsp3) is 0.545. The SMILES string of the molecule is CC1=C[C@H](C)[C@@H]2C(=O)Oc3ccccc3[C@]2(C#N)[C@@H]1O[Si](C)(C)C(C)(C)C. The van der Waals surface area contributed by atoms with Gasteiger partial charge in [0.15, 0.2) is 8.32 Å². The van der Waals surface area contributed by atoms with E-state index >= 15 is 0 Å². The van der Waals surface area contributed by atoms with Crippen molar-refractivity contribution in [2.75, 3.05) is 0 Å². The van der Waals surface area contributed by atoms with Crippen LogP contribution in [0.4, 0.5) is 0 Å². The van der Waals surface area contributed by atoms with E-state index < -0.39 is 25.8 Å². The molecule has 144 valence electrons. The first kappa shape index (κ1) is 19.8. The Bertz CT molecular complexity index is 846. The van der Waals surface area contributed by atoms with Gasteiger partial charge < -0.3 is 9.16 Å². The number of allylic oxidation sites excluding steroid dienone is 1. The predicted molar refractivity (Wildman–Crippen MR) is 108 cm³/mol. The van der Waals surface area contributed by atoms with Gasteiger partial charge in [0, 0.05) is 5.56 Å². The van der Waals surface area contributed by atoms with Crippen LogP contribution in [-0.4, -0.2) is 20.4 Å². The van der Waals surface area contributed by atoms with Crippen LogP contribution < -0.4 is 4.74 Å². The third-order valence-corrected chi connectivity index (χ3v) is 11.0. The second-order valence-corrected chi connectivity index (χ2v) is 14.2. The fourth-order valence-corrected chi connectivity index (χ4v) is 5.47. The molecule has 4 atom stereocenters. The van der Waals surface area contributed by atoms with Crippen molar-refractivity contribution < 1.29 is 14.0 Å². The summed E-state index contributed by atoms with van der Waals surface area (Å²) in [6, 6.07) is 9.95. The smallest absolute Gasteiger partial charge is 0.317 e.